The van der Waals surface area contributed by atoms with Gasteiger partial charge in [0.05, 0.1) is 5.56 Å². The van der Waals surface area contributed by atoms with Crippen LogP contribution in [0.2, 0.25) is 0 Å². The fourth-order valence-corrected chi connectivity index (χ4v) is 3.23. The van der Waals surface area contributed by atoms with Crippen molar-refractivity contribution in [1.82, 2.24) is 0 Å². The molecule has 4 rings (SSSR count). The van der Waals surface area contributed by atoms with Gasteiger partial charge in [0.15, 0.2) is 23.0 Å². The molecule has 23 heavy (non-hydrogen) atoms. The third kappa shape index (κ3) is 2.09. The minimum Gasteiger partial charge on any atom is -0.457 e. The maximum Gasteiger partial charge on any atom is 0.339 e. The van der Waals surface area contributed by atoms with E-state index in [0.717, 1.165) is 36.0 Å². The lowest BCUT2D eigenvalue weighted by Crippen LogP contribution is -2.09. The Kier molecular flexibility index (Phi) is 3.26. The number of hydrogen-bond donors (Lipinski definition) is 0. The van der Waals surface area contributed by atoms with Gasteiger partial charge in [0.2, 0.25) is 0 Å². The highest BCUT2D eigenvalue weighted by Gasteiger charge is 2.35. The smallest absolute Gasteiger partial charge is 0.339 e. The molecule has 4 nitrogen and oxygen atoms in total. The zero-order valence-corrected chi connectivity index (χ0v) is 13.3. The number of para-hydroxylation sites is 2. The molecule has 0 saturated carbocycles. The Labute approximate surface area is 135 Å². The monoisotopic (exact) mass is 310 g/mol. The number of esters is 1. The maximum absolute atomic E-state index is 12.2. The molecule has 2 aromatic rings. The molecule has 0 N–H and O–H groups in total. The molecule has 0 spiro atoms. The standard InChI is InChI=1S/C19H18O4/c1-3-4-7-12-16-13(10-21-19(16)20)11(2)17-18(12)23-15-9-6-5-8-14(15)22-17/h5-6,8-9H,3-4,7,10H2,1-2H3. The van der Waals surface area contributed by atoms with Gasteiger partial charge < -0.3 is 14.2 Å². The number of unbranched alkanes of at least 4 members (excludes halogenated alkanes) is 1. The SMILES string of the molecule is CCCCc1c2c(c(C)c3c1C(=O)OC3)Oc1ccccc1O2. The molecule has 2 aromatic carbocycles. The molecule has 0 saturated heterocycles. The summed E-state index contributed by atoms with van der Waals surface area (Å²) in [5.74, 6) is 2.52. The van der Waals surface area contributed by atoms with Crippen LogP contribution in [0.5, 0.6) is 23.0 Å². The zero-order chi connectivity index (χ0) is 16.0. The van der Waals surface area contributed by atoms with Gasteiger partial charge in [-0.15, -0.1) is 0 Å². The first-order chi connectivity index (χ1) is 11.2. The largest absolute Gasteiger partial charge is 0.457 e. The summed E-state index contributed by atoms with van der Waals surface area (Å²) < 4.78 is 17.5. The quantitative estimate of drug-likeness (QED) is 0.645. The van der Waals surface area contributed by atoms with E-state index in [9.17, 15) is 4.79 Å². The normalized spacial score (nSPS) is 14.3. The summed E-state index contributed by atoms with van der Waals surface area (Å²) in [7, 11) is 0. The molecule has 2 heterocycles. The van der Waals surface area contributed by atoms with E-state index in [1.807, 2.05) is 31.2 Å². The molecule has 118 valence electrons. The van der Waals surface area contributed by atoms with E-state index in [4.69, 9.17) is 14.2 Å². The average Bonchev–Trinajstić information content (AvgIpc) is 2.96. The van der Waals surface area contributed by atoms with Crippen molar-refractivity contribution in [2.24, 2.45) is 0 Å². The van der Waals surface area contributed by atoms with Gasteiger partial charge in [-0.05, 0) is 31.9 Å². The number of fused-ring (bicyclic) bond motifs is 3. The highest BCUT2D eigenvalue weighted by Crippen LogP contribution is 2.52. The van der Waals surface area contributed by atoms with Gasteiger partial charge in [-0.1, -0.05) is 25.5 Å². The fraction of sp³-hybridized carbons (Fsp3) is 0.316. The second-order valence-corrected chi connectivity index (χ2v) is 5.95. The van der Waals surface area contributed by atoms with Crippen LogP contribution >= 0.6 is 0 Å². The molecule has 0 fully saturated rings. The molecule has 0 aromatic heterocycles. The Morgan fingerprint density at radius 1 is 1.09 bits per heavy atom. The summed E-state index contributed by atoms with van der Waals surface area (Å²) in [6, 6.07) is 7.59. The zero-order valence-electron chi connectivity index (χ0n) is 13.3. The van der Waals surface area contributed by atoms with E-state index < -0.39 is 0 Å². The van der Waals surface area contributed by atoms with Crippen molar-refractivity contribution in [2.75, 3.05) is 0 Å². The molecule has 4 heteroatoms. The van der Waals surface area contributed by atoms with Gasteiger partial charge in [-0.3, -0.25) is 0 Å². The molecule has 0 radical (unpaired) electrons. The molecule has 0 atom stereocenters. The van der Waals surface area contributed by atoms with Gasteiger partial charge in [0.25, 0.3) is 0 Å². The summed E-state index contributed by atoms with van der Waals surface area (Å²) in [6.45, 7) is 4.41. The van der Waals surface area contributed by atoms with Crippen molar-refractivity contribution >= 4 is 5.97 Å². The van der Waals surface area contributed by atoms with Crippen LogP contribution in [0.4, 0.5) is 0 Å². The highest BCUT2D eigenvalue weighted by molar-refractivity contribution is 5.97. The van der Waals surface area contributed by atoms with E-state index in [1.54, 1.807) is 0 Å². The molecule has 2 aliphatic rings. The second kappa shape index (κ2) is 5.30. The number of rotatable bonds is 3. The third-order valence-electron chi connectivity index (χ3n) is 4.48. The molecule has 0 unspecified atom stereocenters. The van der Waals surface area contributed by atoms with E-state index in [0.29, 0.717) is 35.2 Å². The average molecular weight is 310 g/mol. The van der Waals surface area contributed by atoms with Gasteiger partial charge in [0.1, 0.15) is 6.61 Å². The Hall–Kier alpha value is -2.49. The number of cyclic esters (lactones) is 1. The lowest BCUT2D eigenvalue weighted by molar-refractivity contribution is 0.0534. The van der Waals surface area contributed by atoms with Crippen LogP contribution in [-0.4, -0.2) is 5.97 Å². The topological polar surface area (TPSA) is 44.8 Å². The molecule has 0 bridgehead atoms. The van der Waals surface area contributed by atoms with Gasteiger partial charge in [-0.25, -0.2) is 4.79 Å². The Balaban J connectivity index is 1.93. The second-order valence-electron chi connectivity index (χ2n) is 5.95. The minimum absolute atomic E-state index is 0.250. The maximum atomic E-state index is 12.2. The highest BCUT2D eigenvalue weighted by atomic mass is 16.6. The predicted molar refractivity (Wildman–Crippen MR) is 85.5 cm³/mol. The summed E-state index contributed by atoms with van der Waals surface area (Å²) in [5.41, 5.74) is 3.45. The number of carbonyl (C=O) groups is 1. The number of carbonyl (C=O) groups excluding carboxylic acids is 1. The Bertz CT molecular complexity index is 808. The number of hydrogen-bond acceptors (Lipinski definition) is 4. The van der Waals surface area contributed by atoms with Crippen molar-refractivity contribution in [3.8, 4) is 23.0 Å². The fourth-order valence-electron chi connectivity index (χ4n) is 3.23. The van der Waals surface area contributed by atoms with Crippen LogP contribution in [0, 0.1) is 6.92 Å². The summed E-state index contributed by atoms with van der Waals surface area (Å²) in [6.07, 6.45) is 2.81. The van der Waals surface area contributed by atoms with Gasteiger partial charge in [-0.2, -0.15) is 0 Å². The Morgan fingerprint density at radius 3 is 2.48 bits per heavy atom. The van der Waals surface area contributed by atoms with Crippen LogP contribution in [0.25, 0.3) is 0 Å². The van der Waals surface area contributed by atoms with Gasteiger partial charge >= 0.3 is 5.97 Å². The summed E-state index contributed by atoms with van der Waals surface area (Å²) in [5, 5.41) is 0. The number of ether oxygens (including phenoxy) is 3. The van der Waals surface area contributed by atoms with Gasteiger partial charge in [0, 0.05) is 16.7 Å². The van der Waals surface area contributed by atoms with Crippen LogP contribution in [0.1, 0.15) is 46.8 Å². The number of benzene rings is 2. The lowest BCUT2D eigenvalue weighted by Gasteiger charge is -2.25. The van der Waals surface area contributed by atoms with Crippen LogP contribution in [-0.2, 0) is 17.8 Å². The summed E-state index contributed by atoms with van der Waals surface area (Å²) >= 11 is 0. The molecule has 2 aliphatic heterocycles. The van der Waals surface area contributed by atoms with Crippen LogP contribution in [0.3, 0.4) is 0 Å². The van der Waals surface area contributed by atoms with Crippen molar-refractivity contribution < 1.29 is 19.0 Å². The van der Waals surface area contributed by atoms with Crippen molar-refractivity contribution in [1.29, 1.82) is 0 Å². The van der Waals surface area contributed by atoms with Crippen molar-refractivity contribution in [3.05, 3.63) is 46.5 Å². The minimum atomic E-state index is -0.250. The molecule has 0 aliphatic carbocycles. The van der Waals surface area contributed by atoms with Crippen LogP contribution in [0.15, 0.2) is 24.3 Å². The first-order valence-electron chi connectivity index (χ1n) is 8.00. The van der Waals surface area contributed by atoms with Crippen molar-refractivity contribution in [2.45, 2.75) is 39.7 Å². The van der Waals surface area contributed by atoms with E-state index in [-0.39, 0.29) is 5.97 Å². The van der Waals surface area contributed by atoms with E-state index >= 15 is 0 Å². The molecule has 0 amide bonds. The third-order valence-corrected chi connectivity index (χ3v) is 4.48. The Morgan fingerprint density at radius 2 is 1.78 bits per heavy atom. The first-order valence-corrected chi connectivity index (χ1v) is 8.00. The lowest BCUT2D eigenvalue weighted by atomic mass is 9.92. The summed E-state index contributed by atoms with van der Waals surface area (Å²) in [4.78, 5) is 12.2. The van der Waals surface area contributed by atoms with E-state index in [1.165, 1.54) is 0 Å². The molecular formula is C19H18O4. The molecular weight excluding hydrogens is 292 g/mol. The van der Waals surface area contributed by atoms with Crippen molar-refractivity contribution in [3.63, 3.8) is 0 Å². The van der Waals surface area contributed by atoms with Crippen LogP contribution < -0.4 is 9.47 Å². The first kappa shape index (κ1) is 14.1. The predicted octanol–water partition coefficient (Wildman–Crippen LogP) is 4.91. The van der Waals surface area contributed by atoms with E-state index in [2.05, 4.69) is 6.92 Å².